The van der Waals surface area contributed by atoms with Crippen molar-refractivity contribution >= 4 is 32.2 Å². The van der Waals surface area contributed by atoms with Gasteiger partial charge in [0.2, 0.25) is 0 Å². The van der Waals surface area contributed by atoms with Gasteiger partial charge in [-0.25, -0.2) is 4.39 Å². The van der Waals surface area contributed by atoms with Crippen LogP contribution in [0.4, 0.5) is 28.4 Å². The summed E-state index contributed by atoms with van der Waals surface area (Å²) in [6.07, 6.45) is -4.17. The zero-order valence-electron chi connectivity index (χ0n) is 17.2. The summed E-state index contributed by atoms with van der Waals surface area (Å²) in [5.74, 6) is -0.319. The normalized spacial score (nSPS) is 15.1. The van der Waals surface area contributed by atoms with E-state index in [2.05, 4.69) is 4.98 Å². The van der Waals surface area contributed by atoms with E-state index in [1.807, 2.05) is 0 Å². The number of alkyl halides is 3. The molecule has 0 unspecified atom stereocenters. The molecule has 0 atom stereocenters. The zero-order valence-corrected chi connectivity index (χ0v) is 18.0. The van der Waals surface area contributed by atoms with Crippen molar-refractivity contribution in [1.29, 1.82) is 0 Å². The van der Waals surface area contributed by atoms with Crippen molar-refractivity contribution in [2.45, 2.75) is 32.0 Å². The largest absolute Gasteiger partial charge is 0.487 e. The summed E-state index contributed by atoms with van der Waals surface area (Å²) in [5.41, 5.74) is -2.27. The number of ether oxygens (including phenoxy) is 1. The summed E-state index contributed by atoms with van der Waals surface area (Å²) in [6, 6.07) is 5.69. The number of rotatable bonds is 4. The first-order chi connectivity index (χ1) is 15.5. The van der Waals surface area contributed by atoms with E-state index in [1.54, 1.807) is 24.0 Å². The van der Waals surface area contributed by atoms with Crippen LogP contribution in [-0.2, 0) is 6.18 Å². The zero-order chi connectivity index (χ0) is 23.9. The average Bonchev–Trinajstić information content (AvgIpc) is 2.74. The molecule has 3 aromatic rings. The van der Waals surface area contributed by atoms with Gasteiger partial charge in [-0.15, -0.1) is 0 Å². The molecule has 1 aliphatic heterocycles. The molecule has 0 amide bonds. The van der Waals surface area contributed by atoms with E-state index in [-0.39, 0.29) is 21.7 Å². The Morgan fingerprint density at radius 1 is 1.21 bits per heavy atom. The second-order valence-corrected chi connectivity index (χ2v) is 8.64. The van der Waals surface area contributed by atoms with Crippen molar-refractivity contribution in [3.63, 3.8) is 0 Å². The fourth-order valence-electron chi connectivity index (χ4n) is 3.62. The van der Waals surface area contributed by atoms with Crippen LogP contribution in [-0.4, -0.2) is 29.1 Å². The van der Waals surface area contributed by atoms with E-state index >= 15 is 0 Å². The first kappa shape index (κ1) is 22.9. The Bertz CT molecular complexity index is 1290. The summed E-state index contributed by atoms with van der Waals surface area (Å²) in [5, 5.41) is 11.1. The van der Waals surface area contributed by atoms with Crippen LogP contribution in [0.15, 0.2) is 35.1 Å². The smallest absolute Gasteiger partial charge is 0.416 e. The maximum atomic E-state index is 14.0. The maximum Gasteiger partial charge on any atom is 0.416 e. The Hall–Kier alpha value is -3.28. The molecule has 7 nitrogen and oxygen atoms in total. The maximum absolute atomic E-state index is 14.0. The Morgan fingerprint density at radius 3 is 2.52 bits per heavy atom. The van der Waals surface area contributed by atoms with E-state index in [4.69, 9.17) is 4.74 Å². The predicted octanol–water partition coefficient (Wildman–Crippen LogP) is 5.08. The molecule has 4 rings (SSSR count). The lowest BCUT2D eigenvalue weighted by atomic mass is 10.1. The fourth-order valence-corrected chi connectivity index (χ4v) is 4.74. The number of aromatic nitrogens is 1. The van der Waals surface area contributed by atoms with Gasteiger partial charge in [0.15, 0.2) is 16.7 Å². The third-order valence-electron chi connectivity index (χ3n) is 5.31. The van der Waals surface area contributed by atoms with Crippen LogP contribution in [0.3, 0.4) is 0 Å². The van der Waals surface area contributed by atoms with Crippen LogP contribution in [0.1, 0.15) is 24.0 Å². The Labute approximate surface area is 188 Å². The van der Waals surface area contributed by atoms with Gasteiger partial charge in [-0.1, -0.05) is 17.4 Å². The lowest BCUT2D eigenvalue weighted by Crippen LogP contribution is -2.39. The first-order valence-electron chi connectivity index (χ1n) is 9.91. The molecule has 1 aliphatic rings. The van der Waals surface area contributed by atoms with E-state index in [0.717, 1.165) is 16.9 Å². The molecule has 174 valence electrons. The van der Waals surface area contributed by atoms with E-state index in [9.17, 15) is 32.5 Å². The minimum Gasteiger partial charge on any atom is -0.487 e. The van der Waals surface area contributed by atoms with Crippen molar-refractivity contribution < 1.29 is 27.2 Å². The van der Waals surface area contributed by atoms with E-state index in [0.29, 0.717) is 38.1 Å². The van der Waals surface area contributed by atoms with Gasteiger partial charge < -0.3 is 9.64 Å². The summed E-state index contributed by atoms with van der Waals surface area (Å²) in [7, 11) is 0. The van der Waals surface area contributed by atoms with Crippen LogP contribution in [0, 0.1) is 22.9 Å². The number of nitrogens with zero attached hydrogens (tertiary/aromatic N) is 3. The molecule has 33 heavy (non-hydrogen) atoms. The number of hydrogen-bond donors (Lipinski definition) is 0. The van der Waals surface area contributed by atoms with Crippen molar-refractivity contribution in [3.8, 4) is 5.75 Å². The van der Waals surface area contributed by atoms with Gasteiger partial charge in [-0.3, -0.25) is 14.9 Å². The van der Waals surface area contributed by atoms with E-state index < -0.39 is 39.1 Å². The van der Waals surface area contributed by atoms with Crippen LogP contribution in [0.25, 0.3) is 10.1 Å². The minimum absolute atomic E-state index is 0.142. The molecule has 1 aromatic heterocycles. The molecular formula is C21H17F4N3O4S. The van der Waals surface area contributed by atoms with Crippen LogP contribution < -0.4 is 15.2 Å². The molecule has 1 fully saturated rings. The van der Waals surface area contributed by atoms with Crippen molar-refractivity contribution in [1.82, 2.24) is 4.98 Å². The van der Waals surface area contributed by atoms with Crippen LogP contribution in [0.2, 0.25) is 0 Å². The van der Waals surface area contributed by atoms with Gasteiger partial charge in [0.25, 0.3) is 11.2 Å². The van der Waals surface area contributed by atoms with Crippen molar-refractivity contribution in [2.24, 2.45) is 0 Å². The molecule has 12 heteroatoms. The van der Waals surface area contributed by atoms with Crippen molar-refractivity contribution in [2.75, 3.05) is 18.0 Å². The number of aryl methyl sites for hydroxylation is 1. The molecule has 2 heterocycles. The van der Waals surface area contributed by atoms with Gasteiger partial charge in [0.05, 0.1) is 15.9 Å². The van der Waals surface area contributed by atoms with Crippen LogP contribution >= 0.6 is 11.3 Å². The number of non-ortho nitro benzene ring substituents is 1. The average molecular weight is 483 g/mol. The van der Waals surface area contributed by atoms with Gasteiger partial charge in [-0.2, -0.15) is 18.2 Å². The first-order valence-corrected chi connectivity index (χ1v) is 10.7. The fraction of sp³-hybridized carbons (Fsp3) is 0.333. The number of nitro groups is 1. The van der Waals surface area contributed by atoms with Gasteiger partial charge in [0, 0.05) is 32.0 Å². The lowest BCUT2D eigenvalue weighted by Gasteiger charge is -2.32. The highest BCUT2D eigenvalue weighted by Gasteiger charge is 2.34. The summed E-state index contributed by atoms with van der Waals surface area (Å²) >= 11 is 0.796. The second kappa shape index (κ2) is 8.58. The number of hydrogen-bond acceptors (Lipinski definition) is 7. The SMILES string of the molecule is Cc1ccc(OC2CCN(c3nc(=O)c4cc(C(F)(F)F)cc([N+](=O)[O-])c4s3)CC2)c(F)c1. The summed E-state index contributed by atoms with van der Waals surface area (Å²) < 4.78 is 59.0. The lowest BCUT2D eigenvalue weighted by molar-refractivity contribution is -0.383. The number of halogens is 4. The standard InChI is InChI=1S/C21H17F4N3O4S/c1-11-2-3-17(15(22)8-11)32-13-4-6-27(7-5-13)20-26-19(29)14-9-12(21(23,24)25)10-16(28(30)31)18(14)33-20/h2-3,8-10,13H,4-7H2,1H3. The Kier molecular flexibility index (Phi) is 5.95. The number of piperidine rings is 1. The number of fused-ring (bicyclic) bond motifs is 1. The number of anilines is 1. The van der Waals surface area contributed by atoms with E-state index in [1.165, 1.54) is 6.07 Å². The van der Waals surface area contributed by atoms with Crippen molar-refractivity contribution in [3.05, 3.63) is 67.7 Å². The summed E-state index contributed by atoms with van der Waals surface area (Å²) in [4.78, 5) is 28.6. The molecule has 0 bridgehead atoms. The molecule has 0 saturated carbocycles. The molecule has 0 aliphatic carbocycles. The quantitative estimate of drug-likeness (QED) is 0.292. The predicted molar refractivity (Wildman–Crippen MR) is 115 cm³/mol. The summed E-state index contributed by atoms with van der Waals surface area (Å²) in [6.45, 7) is 2.52. The molecular weight excluding hydrogens is 466 g/mol. The molecule has 2 aromatic carbocycles. The molecule has 0 N–H and O–H groups in total. The molecule has 1 saturated heterocycles. The molecule has 0 radical (unpaired) electrons. The number of nitro benzene ring substituents is 1. The Balaban J connectivity index is 1.59. The topological polar surface area (TPSA) is 85.6 Å². The highest BCUT2D eigenvalue weighted by molar-refractivity contribution is 7.22. The van der Waals surface area contributed by atoms with Gasteiger partial charge in [0.1, 0.15) is 10.8 Å². The highest BCUT2D eigenvalue weighted by Crippen LogP contribution is 2.38. The van der Waals surface area contributed by atoms with Crippen LogP contribution in [0.5, 0.6) is 5.75 Å². The third-order valence-corrected chi connectivity index (χ3v) is 6.47. The van der Waals surface area contributed by atoms with Gasteiger partial charge in [-0.05, 0) is 30.7 Å². The number of benzene rings is 2. The second-order valence-electron chi connectivity index (χ2n) is 7.67. The van der Waals surface area contributed by atoms with Gasteiger partial charge >= 0.3 is 6.18 Å². The molecule has 0 spiro atoms. The Morgan fingerprint density at radius 2 is 1.91 bits per heavy atom. The highest BCUT2D eigenvalue weighted by atomic mass is 32.1. The minimum atomic E-state index is -4.84. The third kappa shape index (κ3) is 4.75. The monoisotopic (exact) mass is 483 g/mol.